The summed E-state index contributed by atoms with van der Waals surface area (Å²) in [6.07, 6.45) is 0. The molecule has 0 saturated heterocycles. The number of halogens is 1. The summed E-state index contributed by atoms with van der Waals surface area (Å²) in [4.78, 5) is 11.5. The van der Waals surface area contributed by atoms with E-state index in [1.54, 1.807) is 14.2 Å². The summed E-state index contributed by atoms with van der Waals surface area (Å²) in [5, 5.41) is 2.77. The predicted octanol–water partition coefficient (Wildman–Crippen LogP) is 1.74. The Hall–Kier alpha value is -1.11. The van der Waals surface area contributed by atoms with Crippen LogP contribution in [0.5, 0.6) is 5.75 Å². The first-order chi connectivity index (χ1) is 9.17. The first-order valence-electron chi connectivity index (χ1n) is 5.83. The number of hydrogen-bond donors (Lipinski definition) is 1. The van der Waals surface area contributed by atoms with Crippen molar-refractivity contribution in [3.8, 4) is 5.75 Å². The molecule has 1 aromatic rings. The molecule has 0 spiro atoms. The van der Waals surface area contributed by atoms with Crippen molar-refractivity contribution in [3.05, 3.63) is 28.2 Å². The van der Waals surface area contributed by atoms with E-state index in [1.165, 1.54) is 0 Å². The smallest absolute Gasteiger partial charge is 0.246 e. The SMILES string of the molecule is COCCOCC(=O)NCc1cc(Br)ccc1OC. The third-order valence-corrected chi connectivity index (χ3v) is 2.88. The molecule has 0 fully saturated rings. The van der Waals surface area contributed by atoms with E-state index in [-0.39, 0.29) is 12.5 Å². The number of methoxy groups -OCH3 is 2. The predicted molar refractivity (Wildman–Crippen MR) is 75.2 cm³/mol. The summed E-state index contributed by atoms with van der Waals surface area (Å²) in [7, 11) is 3.19. The van der Waals surface area contributed by atoms with Gasteiger partial charge in [-0.2, -0.15) is 0 Å². The Morgan fingerprint density at radius 2 is 2.11 bits per heavy atom. The van der Waals surface area contributed by atoms with E-state index in [0.717, 1.165) is 15.8 Å². The lowest BCUT2D eigenvalue weighted by molar-refractivity contribution is -0.126. The van der Waals surface area contributed by atoms with Crippen LogP contribution in [0.4, 0.5) is 0 Å². The Morgan fingerprint density at radius 1 is 1.32 bits per heavy atom. The van der Waals surface area contributed by atoms with Crippen molar-refractivity contribution in [2.45, 2.75) is 6.54 Å². The summed E-state index contributed by atoms with van der Waals surface area (Å²) < 4.78 is 16.1. The first kappa shape index (κ1) is 15.9. The standard InChI is InChI=1S/C13H18BrNO4/c1-17-5-6-19-9-13(16)15-8-10-7-11(14)3-4-12(10)18-2/h3-4,7H,5-6,8-9H2,1-2H3,(H,15,16). The maximum Gasteiger partial charge on any atom is 0.246 e. The average Bonchev–Trinajstić information content (AvgIpc) is 2.41. The van der Waals surface area contributed by atoms with E-state index in [2.05, 4.69) is 21.2 Å². The maximum atomic E-state index is 11.5. The largest absolute Gasteiger partial charge is 0.496 e. The van der Waals surface area contributed by atoms with Crippen molar-refractivity contribution >= 4 is 21.8 Å². The molecule has 0 atom stereocenters. The van der Waals surface area contributed by atoms with Crippen LogP contribution in [0.15, 0.2) is 22.7 Å². The number of benzene rings is 1. The van der Waals surface area contributed by atoms with E-state index in [1.807, 2.05) is 18.2 Å². The molecule has 0 aliphatic heterocycles. The van der Waals surface area contributed by atoms with Gasteiger partial charge in [-0.15, -0.1) is 0 Å². The Morgan fingerprint density at radius 3 is 2.79 bits per heavy atom. The Bertz CT molecular complexity index is 412. The number of rotatable bonds is 8. The van der Waals surface area contributed by atoms with Crippen LogP contribution in [-0.4, -0.2) is 39.9 Å². The average molecular weight is 332 g/mol. The topological polar surface area (TPSA) is 56.8 Å². The molecule has 0 radical (unpaired) electrons. The van der Waals surface area contributed by atoms with Gasteiger partial charge in [0.1, 0.15) is 12.4 Å². The van der Waals surface area contributed by atoms with E-state index in [0.29, 0.717) is 19.8 Å². The quantitative estimate of drug-likeness (QED) is 0.737. The zero-order chi connectivity index (χ0) is 14.1. The second-order valence-electron chi connectivity index (χ2n) is 3.78. The lowest BCUT2D eigenvalue weighted by atomic mass is 10.2. The Labute approximate surface area is 121 Å². The van der Waals surface area contributed by atoms with Gasteiger partial charge < -0.3 is 19.5 Å². The molecule has 0 heterocycles. The van der Waals surface area contributed by atoms with Gasteiger partial charge in [0.25, 0.3) is 0 Å². The van der Waals surface area contributed by atoms with Crippen molar-refractivity contribution in [1.29, 1.82) is 0 Å². The minimum Gasteiger partial charge on any atom is -0.496 e. The monoisotopic (exact) mass is 331 g/mol. The number of carbonyl (C=O) groups excluding carboxylic acids is 1. The summed E-state index contributed by atoms with van der Waals surface area (Å²) in [5.74, 6) is 0.571. The third kappa shape index (κ3) is 6.04. The van der Waals surface area contributed by atoms with Crippen LogP contribution in [0, 0.1) is 0 Å². The summed E-state index contributed by atoms with van der Waals surface area (Å²) in [6.45, 7) is 1.31. The van der Waals surface area contributed by atoms with Crippen LogP contribution < -0.4 is 10.1 Å². The van der Waals surface area contributed by atoms with E-state index >= 15 is 0 Å². The fourth-order valence-electron chi connectivity index (χ4n) is 1.44. The molecule has 0 aliphatic rings. The second-order valence-corrected chi connectivity index (χ2v) is 4.69. The molecule has 0 aromatic heterocycles. The second kappa shape index (κ2) is 8.90. The molecule has 19 heavy (non-hydrogen) atoms. The molecule has 0 aliphatic carbocycles. The van der Waals surface area contributed by atoms with Gasteiger partial charge in [-0.3, -0.25) is 4.79 Å². The van der Waals surface area contributed by atoms with Crippen LogP contribution in [0.25, 0.3) is 0 Å². The fraction of sp³-hybridized carbons (Fsp3) is 0.462. The van der Waals surface area contributed by atoms with Crippen LogP contribution in [0.2, 0.25) is 0 Å². The number of hydrogen-bond acceptors (Lipinski definition) is 4. The zero-order valence-corrected chi connectivity index (χ0v) is 12.7. The van der Waals surface area contributed by atoms with Crippen LogP contribution in [0.3, 0.4) is 0 Å². The fourth-order valence-corrected chi connectivity index (χ4v) is 1.85. The van der Waals surface area contributed by atoms with Crippen LogP contribution in [-0.2, 0) is 20.8 Å². The van der Waals surface area contributed by atoms with Gasteiger partial charge in [-0.1, -0.05) is 15.9 Å². The maximum absolute atomic E-state index is 11.5. The van der Waals surface area contributed by atoms with E-state index in [4.69, 9.17) is 14.2 Å². The number of nitrogens with one attached hydrogen (secondary N) is 1. The van der Waals surface area contributed by atoms with Gasteiger partial charge in [-0.25, -0.2) is 0 Å². The summed E-state index contributed by atoms with van der Waals surface area (Å²) >= 11 is 3.38. The van der Waals surface area contributed by atoms with Gasteiger partial charge in [0.2, 0.25) is 5.91 Å². The van der Waals surface area contributed by atoms with Crippen molar-refractivity contribution in [1.82, 2.24) is 5.32 Å². The van der Waals surface area contributed by atoms with Gasteiger partial charge >= 0.3 is 0 Å². The van der Waals surface area contributed by atoms with Crippen molar-refractivity contribution in [2.24, 2.45) is 0 Å². The Balaban J connectivity index is 2.39. The molecular formula is C13H18BrNO4. The first-order valence-corrected chi connectivity index (χ1v) is 6.62. The van der Waals surface area contributed by atoms with Gasteiger partial charge in [-0.05, 0) is 18.2 Å². The van der Waals surface area contributed by atoms with Crippen molar-refractivity contribution in [3.63, 3.8) is 0 Å². The molecule has 1 aromatic carbocycles. The molecule has 5 nitrogen and oxygen atoms in total. The van der Waals surface area contributed by atoms with Crippen LogP contribution >= 0.6 is 15.9 Å². The van der Waals surface area contributed by atoms with Gasteiger partial charge in [0, 0.05) is 23.7 Å². The lowest BCUT2D eigenvalue weighted by Gasteiger charge is -2.10. The van der Waals surface area contributed by atoms with Gasteiger partial charge in [0.15, 0.2) is 0 Å². The highest BCUT2D eigenvalue weighted by molar-refractivity contribution is 9.10. The third-order valence-electron chi connectivity index (χ3n) is 2.38. The highest BCUT2D eigenvalue weighted by Crippen LogP contribution is 2.22. The molecule has 1 rings (SSSR count). The molecule has 106 valence electrons. The summed E-state index contributed by atoms with van der Waals surface area (Å²) in [6, 6.07) is 5.64. The molecular weight excluding hydrogens is 314 g/mol. The molecule has 1 amide bonds. The molecule has 0 bridgehead atoms. The Kier molecular flexibility index (Phi) is 7.47. The molecule has 6 heteroatoms. The number of amides is 1. The zero-order valence-electron chi connectivity index (χ0n) is 11.1. The summed E-state index contributed by atoms with van der Waals surface area (Å²) in [5.41, 5.74) is 0.905. The minimum atomic E-state index is -0.168. The normalized spacial score (nSPS) is 10.3. The van der Waals surface area contributed by atoms with E-state index < -0.39 is 0 Å². The van der Waals surface area contributed by atoms with Crippen molar-refractivity contribution in [2.75, 3.05) is 34.0 Å². The van der Waals surface area contributed by atoms with Crippen LogP contribution in [0.1, 0.15) is 5.56 Å². The minimum absolute atomic E-state index is 0.0275. The lowest BCUT2D eigenvalue weighted by Crippen LogP contribution is -2.27. The highest BCUT2D eigenvalue weighted by Gasteiger charge is 2.06. The van der Waals surface area contributed by atoms with Crippen molar-refractivity contribution < 1.29 is 19.0 Å². The van der Waals surface area contributed by atoms with Gasteiger partial charge in [0.05, 0.1) is 20.3 Å². The molecule has 1 N–H and O–H groups in total. The van der Waals surface area contributed by atoms with E-state index in [9.17, 15) is 4.79 Å². The highest BCUT2D eigenvalue weighted by atomic mass is 79.9. The number of carbonyl (C=O) groups is 1. The molecule has 0 saturated carbocycles. The molecule has 0 unspecified atom stereocenters. The number of ether oxygens (including phenoxy) is 3.